The van der Waals surface area contributed by atoms with Crippen molar-refractivity contribution in [3.63, 3.8) is 0 Å². The largest absolute Gasteiger partial charge is 0.354 e. The van der Waals surface area contributed by atoms with Gasteiger partial charge in [0.2, 0.25) is 11.8 Å². The summed E-state index contributed by atoms with van der Waals surface area (Å²) in [6.07, 6.45) is 1.14. The Bertz CT molecular complexity index is 739. The first-order chi connectivity index (χ1) is 11.6. The number of fused-ring (bicyclic) bond motifs is 1. The van der Waals surface area contributed by atoms with Crippen LogP contribution in [0.1, 0.15) is 24.6 Å². The van der Waals surface area contributed by atoms with Gasteiger partial charge in [-0.1, -0.05) is 30.3 Å². The van der Waals surface area contributed by atoms with Gasteiger partial charge in [-0.25, -0.2) is 4.68 Å². The Morgan fingerprint density at radius 2 is 2.08 bits per heavy atom. The number of carbonyl (C=O) groups excluding carboxylic acids is 2. The molecule has 0 spiro atoms. The molecule has 0 aliphatic carbocycles. The molecule has 0 bridgehead atoms. The van der Waals surface area contributed by atoms with Gasteiger partial charge in [-0.05, 0) is 25.8 Å². The van der Waals surface area contributed by atoms with Crippen molar-refractivity contribution in [2.24, 2.45) is 0 Å². The average molecular weight is 326 g/mol. The van der Waals surface area contributed by atoms with Crippen LogP contribution in [0.25, 0.3) is 0 Å². The Morgan fingerprint density at radius 1 is 1.33 bits per heavy atom. The Morgan fingerprint density at radius 3 is 2.83 bits per heavy atom. The molecule has 0 radical (unpaired) electrons. The first kappa shape index (κ1) is 16.2. The molecule has 2 heterocycles. The third-order valence-electron chi connectivity index (χ3n) is 4.26. The van der Waals surface area contributed by atoms with E-state index in [1.165, 1.54) is 5.56 Å². The predicted molar refractivity (Wildman–Crippen MR) is 91.7 cm³/mol. The predicted octanol–water partition coefficient (Wildman–Crippen LogP) is 1.68. The van der Waals surface area contributed by atoms with E-state index in [1.807, 2.05) is 43.3 Å². The van der Waals surface area contributed by atoms with Crippen molar-refractivity contribution in [1.82, 2.24) is 15.1 Å². The number of nitrogens with zero attached hydrogens (tertiary/aromatic N) is 3. The minimum absolute atomic E-state index is 0.0342. The highest BCUT2D eigenvalue weighted by Gasteiger charge is 2.32. The van der Waals surface area contributed by atoms with Gasteiger partial charge in [0.1, 0.15) is 11.9 Å². The van der Waals surface area contributed by atoms with Gasteiger partial charge in [0.25, 0.3) is 0 Å². The van der Waals surface area contributed by atoms with Crippen molar-refractivity contribution in [2.45, 2.75) is 39.3 Å². The molecule has 1 atom stereocenters. The van der Waals surface area contributed by atoms with Crippen LogP contribution in [0, 0.1) is 6.92 Å². The van der Waals surface area contributed by atoms with E-state index in [2.05, 4.69) is 10.4 Å². The van der Waals surface area contributed by atoms with Gasteiger partial charge in [0.15, 0.2) is 0 Å². The summed E-state index contributed by atoms with van der Waals surface area (Å²) in [5, 5.41) is 7.29. The number of nitrogens with one attached hydrogen (secondary N) is 1. The Kier molecular flexibility index (Phi) is 4.64. The third-order valence-corrected chi connectivity index (χ3v) is 4.26. The molecule has 1 aliphatic heterocycles. The molecule has 2 amide bonds. The second kappa shape index (κ2) is 6.86. The van der Waals surface area contributed by atoms with E-state index in [1.54, 1.807) is 16.5 Å². The molecular formula is C18H22N4O2. The summed E-state index contributed by atoms with van der Waals surface area (Å²) in [5.41, 5.74) is 2.02. The van der Waals surface area contributed by atoms with Crippen LogP contribution in [-0.4, -0.2) is 34.2 Å². The molecule has 1 aromatic heterocycles. The molecule has 1 aromatic carbocycles. The fraction of sp³-hybridized carbons (Fsp3) is 0.389. The first-order valence-corrected chi connectivity index (χ1v) is 8.24. The van der Waals surface area contributed by atoms with E-state index in [0.29, 0.717) is 25.3 Å². The highest BCUT2D eigenvalue weighted by Crippen LogP contribution is 2.24. The molecule has 0 saturated heterocycles. The average Bonchev–Trinajstić information content (AvgIpc) is 2.95. The van der Waals surface area contributed by atoms with Crippen molar-refractivity contribution < 1.29 is 9.59 Å². The quantitative estimate of drug-likeness (QED) is 0.909. The van der Waals surface area contributed by atoms with Gasteiger partial charge in [-0.3, -0.25) is 14.5 Å². The van der Waals surface area contributed by atoms with Crippen LogP contribution in [0.3, 0.4) is 0 Å². The maximum atomic E-state index is 12.5. The number of carbonyl (C=O) groups is 2. The van der Waals surface area contributed by atoms with Crippen LogP contribution in [0.15, 0.2) is 36.4 Å². The molecule has 126 valence electrons. The fourth-order valence-corrected chi connectivity index (χ4v) is 2.99. The van der Waals surface area contributed by atoms with Crippen molar-refractivity contribution in [3.05, 3.63) is 47.7 Å². The molecule has 2 aromatic rings. The number of hydrogen-bond donors (Lipinski definition) is 1. The van der Waals surface area contributed by atoms with Crippen LogP contribution in [0.4, 0.5) is 5.82 Å². The van der Waals surface area contributed by atoms with E-state index in [9.17, 15) is 9.59 Å². The van der Waals surface area contributed by atoms with E-state index < -0.39 is 6.04 Å². The number of hydrogen-bond acceptors (Lipinski definition) is 3. The van der Waals surface area contributed by atoms with E-state index in [0.717, 1.165) is 12.1 Å². The van der Waals surface area contributed by atoms with Gasteiger partial charge in [-0.2, -0.15) is 5.10 Å². The summed E-state index contributed by atoms with van der Waals surface area (Å²) in [5.74, 6) is 0.522. The lowest BCUT2D eigenvalue weighted by molar-refractivity contribution is -0.126. The highest BCUT2D eigenvalue weighted by molar-refractivity contribution is 6.00. The van der Waals surface area contributed by atoms with Gasteiger partial charge in [0, 0.05) is 19.0 Å². The van der Waals surface area contributed by atoms with Gasteiger partial charge >= 0.3 is 0 Å². The normalized spacial score (nSPS) is 15.1. The Labute approximate surface area is 141 Å². The lowest BCUT2D eigenvalue weighted by atomic mass is 10.1. The summed E-state index contributed by atoms with van der Waals surface area (Å²) in [4.78, 5) is 26.3. The zero-order valence-electron chi connectivity index (χ0n) is 14.0. The molecule has 0 fully saturated rings. The molecule has 1 aliphatic rings. The molecule has 0 saturated carbocycles. The third kappa shape index (κ3) is 3.32. The summed E-state index contributed by atoms with van der Waals surface area (Å²) >= 11 is 0. The second-order valence-corrected chi connectivity index (χ2v) is 6.08. The molecule has 6 heteroatoms. The Balaban J connectivity index is 1.64. The fourth-order valence-electron chi connectivity index (χ4n) is 2.99. The summed E-state index contributed by atoms with van der Waals surface area (Å²) in [6, 6.07) is 11.3. The first-order valence-electron chi connectivity index (χ1n) is 8.24. The number of rotatable bonds is 5. The maximum absolute atomic E-state index is 12.5. The monoisotopic (exact) mass is 326 g/mol. The van der Waals surface area contributed by atoms with Gasteiger partial charge in [-0.15, -0.1) is 0 Å². The SMILES string of the molecule is Cc1cc2n(n1)CCC(=O)N2[C@@H](C)C(=O)NCCc1ccccc1. The summed E-state index contributed by atoms with van der Waals surface area (Å²) < 4.78 is 1.80. The van der Waals surface area contributed by atoms with Crippen molar-refractivity contribution in [1.29, 1.82) is 0 Å². The van der Waals surface area contributed by atoms with Crippen LogP contribution >= 0.6 is 0 Å². The van der Waals surface area contributed by atoms with E-state index in [4.69, 9.17) is 0 Å². The second-order valence-electron chi connectivity index (χ2n) is 6.08. The Hall–Kier alpha value is -2.63. The molecule has 6 nitrogen and oxygen atoms in total. The van der Waals surface area contributed by atoms with Crippen LogP contribution in [0.2, 0.25) is 0 Å². The zero-order valence-corrected chi connectivity index (χ0v) is 14.0. The minimum Gasteiger partial charge on any atom is -0.354 e. The minimum atomic E-state index is -0.552. The summed E-state index contributed by atoms with van der Waals surface area (Å²) in [7, 11) is 0. The number of benzene rings is 1. The summed E-state index contributed by atoms with van der Waals surface area (Å²) in [6.45, 7) is 4.76. The standard InChI is InChI=1S/C18H22N4O2/c1-13-12-16-21(20-13)11-9-17(23)22(16)14(2)18(24)19-10-8-15-6-4-3-5-7-15/h3-7,12,14H,8-11H2,1-2H3,(H,19,24)/t14-/m0/s1. The van der Waals surface area contributed by atoms with Crippen LogP contribution < -0.4 is 10.2 Å². The van der Waals surface area contributed by atoms with Crippen molar-refractivity contribution in [2.75, 3.05) is 11.4 Å². The number of anilines is 1. The zero-order chi connectivity index (χ0) is 17.1. The van der Waals surface area contributed by atoms with Crippen LogP contribution in [0.5, 0.6) is 0 Å². The lowest BCUT2D eigenvalue weighted by Gasteiger charge is -2.31. The topological polar surface area (TPSA) is 67.2 Å². The molecular weight excluding hydrogens is 304 g/mol. The van der Waals surface area contributed by atoms with Crippen molar-refractivity contribution >= 4 is 17.6 Å². The number of aromatic nitrogens is 2. The van der Waals surface area contributed by atoms with Crippen molar-refractivity contribution in [3.8, 4) is 0 Å². The molecule has 1 N–H and O–H groups in total. The smallest absolute Gasteiger partial charge is 0.242 e. The van der Waals surface area contributed by atoms with E-state index >= 15 is 0 Å². The van der Waals surface area contributed by atoms with E-state index in [-0.39, 0.29) is 11.8 Å². The number of amides is 2. The molecule has 0 unspecified atom stereocenters. The van der Waals surface area contributed by atoms with Gasteiger partial charge < -0.3 is 5.32 Å². The highest BCUT2D eigenvalue weighted by atomic mass is 16.2. The van der Waals surface area contributed by atoms with Crippen LogP contribution in [-0.2, 0) is 22.6 Å². The van der Waals surface area contributed by atoms with Gasteiger partial charge in [0.05, 0.1) is 12.2 Å². The lowest BCUT2D eigenvalue weighted by Crippen LogP contribution is -2.51. The maximum Gasteiger partial charge on any atom is 0.242 e. The molecule has 3 rings (SSSR count). The number of aryl methyl sites for hydroxylation is 2. The molecule has 24 heavy (non-hydrogen) atoms.